The minimum atomic E-state index is 0.0285. The van der Waals surface area contributed by atoms with Crippen molar-refractivity contribution in [3.8, 4) is 0 Å². The van der Waals surface area contributed by atoms with Gasteiger partial charge in [-0.25, -0.2) is 0 Å². The van der Waals surface area contributed by atoms with Gasteiger partial charge in [0.05, 0.1) is 0 Å². The van der Waals surface area contributed by atoms with E-state index in [1.807, 2.05) is 49.4 Å². The van der Waals surface area contributed by atoms with Crippen LogP contribution >= 0.6 is 0 Å². The Morgan fingerprint density at radius 3 is 2.25 bits per heavy atom. The first-order valence-corrected chi connectivity index (χ1v) is 5.54. The zero-order chi connectivity index (χ0) is 11.2. The highest BCUT2D eigenvalue weighted by molar-refractivity contribution is 5.29. The molecule has 0 fully saturated rings. The van der Waals surface area contributed by atoms with Gasteiger partial charge in [0, 0.05) is 6.61 Å². The zero-order valence-corrected chi connectivity index (χ0v) is 9.39. The largest absolute Gasteiger partial charge is 0.369 e. The highest BCUT2D eigenvalue weighted by Gasteiger charge is 2.12. The maximum absolute atomic E-state index is 5.80. The summed E-state index contributed by atoms with van der Waals surface area (Å²) < 4.78 is 5.80. The molecule has 1 radical (unpaired) electrons. The van der Waals surface area contributed by atoms with Crippen LogP contribution < -0.4 is 0 Å². The summed E-state index contributed by atoms with van der Waals surface area (Å²) >= 11 is 0. The van der Waals surface area contributed by atoms with Crippen LogP contribution in [0.15, 0.2) is 54.6 Å². The van der Waals surface area contributed by atoms with Crippen molar-refractivity contribution < 1.29 is 4.74 Å². The molecule has 0 heterocycles. The molecule has 1 nitrogen and oxygen atoms in total. The third kappa shape index (κ3) is 2.50. The third-order valence-corrected chi connectivity index (χ3v) is 2.48. The molecule has 0 aliphatic heterocycles. The SMILES string of the molecule is CCOC(c1cc[c]cc1)c1ccccc1. The van der Waals surface area contributed by atoms with Gasteiger partial charge in [0.25, 0.3) is 0 Å². The van der Waals surface area contributed by atoms with Crippen LogP contribution in [0.2, 0.25) is 0 Å². The predicted molar refractivity (Wildman–Crippen MR) is 65.2 cm³/mol. The van der Waals surface area contributed by atoms with Crippen LogP contribution in [0, 0.1) is 6.07 Å². The smallest absolute Gasteiger partial charge is 0.108 e. The molecule has 16 heavy (non-hydrogen) atoms. The van der Waals surface area contributed by atoms with Crippen LogP contribution in [-0.4, -0.2) is 6.61 Å². The second kappa shape index (κ2) is 5.47. The van der Waals surface area contributed by atoms with Crippen LogP contribution in [0.25, 0.3) is 0 Å². The van der Waals surface area contributed by atoms with Gasteiger partial charge in [0.1, 0.15) is 6.10 Å². The van der Waals surface area contributed by atoms with E-state index in [9.17, 15) is 0 Å². The minimum Gasteiger partial charge on any atom is -0.369 e. The Hall–Kier alpha value is -1.60. The first-order valence-electron chi connectivity index (χ1n) is 5.54. The Labute approximate surface area is 96.7 Å². The molecule has 0 spiro atoms. The van der Waals surface area contributed by atoms with Gasteiger partial charge >= 0.3 is 0 Å². The van der Waals surface area contributed by atoms with E-state index in [4.69, 9.17) is 4.74 Å². The van der Waals surface area contributed by atoms with E-state index in [1.165, 1.54) is 11.1 Å². The highest BCUT2D eigenvalue weighted by atomic mass is 16.5. The summed E-state index contributed by atoms with van der Waals surface area (Å²) in [6, 6.07) is 21.2. The molecule has 2 aromatic carbocycles. The molecular weight excluding hydrogens is 196 g/mol. The third-order valence-electron chi connectivity index (χ3n) is 2.48. The number of ether oxygens (including phenoxy) is 1. The quantitative estimate of drug-likeness (QED) is 0.750. The van der Waals surface area contributed by atoms with Crippen LogP contribution in [0.4, 0.5) is 0 Å². The van der Waals surface area contributed by atoms with Crippen LogP contribution in [0.3, 0.4) is 0 Å². The van der Waals surface area contributed by atoms with Gasteiger partial charge in [0.2, 0.25) is 0 Å². The maximum Gasteiger partial charge on any atom is 0.108 e. The van der Waals surface area contributed by atoms with Crippen molar-refractivity contribution in [2.24, 2.45) is 0 Å². The predicted octanol–water partition coefficient (Wildman–Crippen LogP) is 3.61. The Balaban J connectivity index is 2.31. The van der Waals surface area contributed by atoms with E-state index in [1.54, 1.807) is 0 Å². The lowest BCUT2D eigenvalue weighted by Crippen LogP contribution is -2.05. The number of rotatable bonds is 4. The summed E-state index contributed by atoms with van der Waals surface area (Å²) in [5.74, 6) is 0. The molecule has 2 aromatic rings. The summed E-state index contributed by atoms with van der Waals surface area (Å²) in [7, 11) is 0. The van der Waals surface area contributed by atoms with Gasteiger partial charge in [-0.05, 0) is 24.1 Å². The van der Waals surface area contributed by atoms with E-state index in [-0.39, 0.29) is 6.10 Å². The fourth-order valence-electron chi connectivity index (χ4n) is 1.75. The molecule has 2 rings (SSSR count). The summed E-state index contributed by atoms with van der Waals surface area (Å²) in [5, 5.41) is 0. The Bertz CT molecular complexity index is 368. The summed E-state index contributed by atoms with van der Waals surface area (Å²) in [6.45, 7) is 2.73. The van der Waals surface area contributed by atoms with E-state index >= 15 is 0 Å². The van der Waals surface area contributed by atoms with Gasteiger partial charge < -0.3 is 4.74 Å². The molecule has 0 aliphatic rings. The van der Waals surface area contributed by atoms with Gasteiger partial charge in [-0.2, -0.15) is 0 Å². The second-order valence-electron chi connectivity index (χ2n) is 3.58. The first kappa shape index (κ1) is 10.9. The summed E-state index contributed by atoms with van der Waals surface area (Å²) in [6.07, 6.45) is 0.0285. The number of benzene rings is 2. The molecule has 1 atom stereocenters. The topological polar surface area (TPSA) is 9.23 Å². The normalized spacial score (nSPS) is 10.6. The van der Waals surface area contributed by atoms with Crippen molar-refractivity contribution >= 4 is 0 Å². The maximum atomic E-state index is 5.80. The molecule has 0 aliphatic carbocycles. The van der Waals surface area contributed by atoms with Gasteiger partial charge in [0.15, 0.2) is 0 Å². The second-order valence-corrected chi connectivity index (χ2v) is 3.58. The molecule has 0 bridgehead atoms. The van der Waals surface area contributed by atoms with Crippen molar-refractivity contribution in [1.82, 2.24) is 0 Å². The molecule has 0 saturated carbocycles. The lowest BCUT2D eigenvalue weighted by atomic mass is 10.0. The van der Waals surface area contributed by atoms with Crippen molar-refractivity contribution in [3.05, 3.63) is 71.8 Å². The molecular formula is C15H15O. The lowest BCUT2D eigenvalue weighted by Gasteiger charge is -2.17. The lowest BCUT2D eigenvalue weighted by molar-refractivity contribution is 0.0913. The van der Waals surface area contributed by atoms with Gasteiger partial charge in [-0.1, -0.05) is 54.6 Å². The highest BCUT2D eigenvalue weighted by Crippen LogP contribution is 2.25. The van der Waals surface area contributed by atoms with Crippen molar-refractivity contribution in [3.63, 3.8) is 0 Å². The average molecular weight is 211 g/mol. The fourth-order valence-corrected chi connectivity index (χ4v) is 1.75. The summed E-state index contributed by atoms with van der Waals surface area (Å²) in [4.78, 5) is 0. The molecule has 0 aromatic heterocycles. The molecule has 0 saturated heterocycles. The molecule has 1 unspecified atom stereocenters. The van der Waals surface area contributed by atoms with Crippen LogP contribution in [0.1, 0.15) is 24.2 Å². The van der Waals surface area contributed by atoms with E-state index in [0.717, 1.165) is 0 Å². The molecule has 1 heteroatoms. The zero-order valence-electron chi connectivity index (χ0n) is 9.39. The molecule has 0 amide bonds. The first-order chi connectivity index (χ1) is 7.92. The molecule has 0 N–H and O–H groups in total. The minimum absolute atomic E-state index is 0.0285. The van der Waals surface area contributed by atoms with Crippen molar-refractivity contribution in [2.75, 3.05) is 6.61 Å². The Morgan fingerprint density at radius 1 is 1.00 bits per heavy atom. The van der Waals surface area contributed by atoms with Gasteiger partial charge in [-0.15, -0.1) is 0 Å². The van der Waals surface area contributed by atoms with E-state index in [0.29, 0.717) is 6.61 Å². The van der Waals surface area contributed by atoms with Crippen LogP contribution in [0.5, 0.6) is 0 Å². The fraction of sp³-hybridized carbons (Fsp3) is 0.200. The van der Waals surface area contributed by atoms with Gasteiger partial charge in [-0.3, -0.25) is 0 Å². The van der Waals surface area contributed by atoms with Crippen molar-refractivity contribution in [1.29, 1.82) is 0 Å². The monoisotopic (exact) mass is 211 g/mol. The number of hydrogen-bond acceptors (Lipinski definition) is 1. The molecule has 81 valence electrons. The Morgan fingerprint density at radius 2 is 1.62 bits per heavy atom. The van der Waals surface area contributed by atoms with Crippen molar-refractivity contribution in [2.45, 2.75) is 13.0 Å². The standard InChI is InChI=1S/C15H15O/c1-2-16-15(13-9-5-3-6-10-13)14-11-7-4-8-12-14/h3,5-12,15H,2H2,1H3. The van der Waals surface area contributed by atoms with Crippen LogP contribution in [-0.2, 0) is 4.74 Å². The van der Waals surface area contributed by atoms with E-state index < -0.39 is 0 Å². The van der Waals surface area contributed by atoms with E-state index in [2.05, 4.69) is 18.2 Å². The summed E-state index contributed by atoms with van der Waals surface area (Å²) in [5.41, 5.74) is 2.36. The average Bonchev–Trinajstić information content (AvgIpc) is 2.38. The number of hydrogen-bond donors (Lipinski definition) is 0. The Kier molecular flexibility index (Phi) is 3.73.